The molecule has 0 bridgehead atoms. The van der Waals surface area contributed by atoms with Crippen molar-refractivity contribution < 1.29 is 8.78 Å². The number of nitrogens with zero attached hydrogens (tertiary/aromatic N) is 1. The fourth-order valence-electron chi connectivity index (χ4n) is 3.79. The van der Waals surface area contributed by atoms with Gasteiger partial charge in [0.15, 0.2) is 5.82 Å². The summed E-state index contributed by atoms with van der Waals surface area (Å²) in [7, 11) is 0. The summed E-state index contributed by atoms with van der Waals surface area (Å²) in [5, 5.41) is 10.4. The second-order valence-electron chi connectivity index (χ2n) is 7.56. The van der Waals surface area contributed by atoms with E-state index in [-0.39, 0.29) is 16.8 Å². The van der Waals surface area contributed by atoms with E-state index in [1.165, 1.54) is 44.4 Å². The van der Waals surface area contributed by atoms with Crippen molar-refractivity contribution in [3.63, 3.8) is 0 Å². The third-order valence-electron chi connectivity index (χ3n) is 5.92. The van der Waals surface area contributed by atoms with Crippen LogP contribution in [0.3, 0.4) is 0 Å². The molecule has 136 valence electrons. The molecular weight excluding hydrogens is 332 g/mol. The normalized spacial score (nSPS) is 18.0. The molecule has 1 saturated heterocycles. The topological polar surface area (TPSA) is 39.1 Å². The van der Waals surface area contributed by atoms with Crippen molar-refractivity contribution in [3.8, 4) is 0 Å². The largest absolute Gasteiger partial charge is 0.371 e. The van der Waals surface area contributed by atoms with Crippen molar-refractivity contribution in [2.24, 2.45) is 5.41 Å². The summed E-state index contributed by atoms with van der Waals surface area (Å²) in [5.74, 6) is -1.29. The Kier molecular flexibility index (Phi) is 4.17. The number of piperidine rings is 1. The second kappa shape index (κ2) is 6.38. The minimum absolute atomic E-state index is 0.0444. The molecule has 1 spiro atoms. The average Bonchev–Trinajstić information content (AvgIpc) is 3.42. The Balaban J connectivity index is 1.51. The molecule has 26 heavy (non-hydrogen) atoms. The molecule has 1 heterocycles. The summed E-state index contributed by atoms with van der Waals surface area (Å²) in [5.41, 5.74) is 2.84. The smallest absolute Gasteiger partial charge is 0.153 e. The fourth-order valence-corrected chi connectivity index (χ4v) is 3.79. The molecule has 0 atom stereocenters. The van der Waals surface area contributed by atoms with Crippen molar-refractivity contribution in [1.29, 1.82) is 5.41 Å². The van der Waals surface area contributed by atoms with Crippen molar-refractivity contribution in [3.05, 3.63) is 53.1 Å². The lowest BCUT2D eigenvalue weighted by Crippen LogP contribution is -2.34. The molecule has 1 aliphatic carbocycles. The molecule has 0 radical (unpaired) electrons. The van der Waals surface area contributed by atoms with Gasteiger partial charge in [-0.1, -0.05) is 0 Å². The number of hydrogen-bond donors (Lipinski definition) is 2. The van der Waals surface area contributed by atoms with E-state index in [2.05, 4.69) is 10.2 Å². The third-order valence-corrected chi connectivity index (χ3v) is 5.92. The highest BCUT2D eigenvalue weighted by atomic mass is 19.1. The van der Waals surface area contributed by atoms with Gasteiger partial charge in [0.25, 0.3) is 0 Å². The SMILES string of the molecule is Cc1c(F)cc(C=N)c(Nc2ccc(N3CCC4(CC3)CC4)cc2)c1F. The second-order valence-corrected chi connectivity index (χ2v) is 7.56. The molecule has 2 aromatic rings. The Bertz CT molecular complexity index is 831. The van der Waals surface area contributed by atoms with Crippen molar-refractivity contribution in [2.45, 2.75) is 32.6 Å². The molecule has 0 aromatic heterocycles. The van der Waals surface area contributed by atoms with E-state index in [9.17, 15) is 8.78 Å². The Morgan fingerprint density at radius 1 is 1.08 bits per heavy atom. The zero-order chi connectivity index (χ0) is 18.3. The van der Waals surface area contributed by atoms with Crippen LogP contribution in [-0.4, -0.2) is 19.3 Å². The molecule has 0 amide bonds. The van der Waals surface area contributed by atoms with Gasteiger partial charge in [-0.15, -0.1) is 0 Å². The first-order valence-electron chi connectivity index (χ1n) is 9.12. The first kappa shape index (κ1) is 17.0. The number of nitrogens with one attached hydrogen (secondary N) is 2. The van der Waals surface area contributed by atoms with E-state index in [0.29, 0.717) is 5.41 Å². The zero-order valence-corrected chi connectivity index (χ0v) is 14.9. The van der Waals surface area contributed by atoms with E-state index >= 15 is 0 Å². The molecule has 3 nitrogen and oxygen atoms in total. The van der Waals surface area contributed by atoms with E-state index in [4.69, 9.17) is 5.41 Å². The van der Waals surface area contributed by atoms with Crippen LogP contribution in [0.1, 0.15) is 36.8 Å². The number of hydrogen-bond acceptors (Lipinski definition) is 3. The van der Waals surface area contributed by atoms with Gasteiger partial charge in [-0.3, -0.25) is 0 Å². The highest BCUT2D eigenvalue weighted by molar-refractivity contribution is 5.88. The monoisotopic (exact) mass is 355 g/mol. The van der Waals surface area contributed by atoms with Gasteiger partial charge in [0.2, 0.25) is 0 Å². The Morgan fingerprint density at radius 2 is 1.73 bits per heavy atom. The first-order valence-corrected chi connectivity index (χ1v) is 9.12. The summed E-state index contributed by atoms with van der Waals surface area (Å²) >= 11 is 0. The number of benzene rings is 2. The average molecular weight is 355 g/mol. The van der Waals surface area contributed by atoms with Gasteiger partial charge in [0.1, 0.15) is 5.82 Å². The van der Waals surface area contributed by atoms with E-state index in [1.54, 1.807) is 0 Å². The summed E-state index contributed by atoms with van der Waals surface area (Å²) in [6.07, 6.45) is 6.29. The molecule has 2 aromatic carbocycles. The summed E-state index contributed by atoms with van der Waals surface area (Å²) in [6, 6.07) is 9.06. The lowest BCUT2D eigenvalue weighted by Gasteiger charge is -2.34. The predicted molar refractivity (Wildman–Crippen MR) is 102 cm³/mol. The van der Waals surface area contributed by atoms with Crippen LogP contribution in [0.2, 0.25) is 0 Å². The maximum Gasteiger partial charge on any atom is 0.153 e. The van der Waals surface area contributed by atoms with Gasteiger partial charge in [0, 0.05) is 41.8 Å². The van der Waals surface area contributed by atoms with Gasteiger partial charge in [-0.2, -0.15) is 0 Å². The molecule has 2 fully saturated rings. The number of halogens is 2. The Morgan fingerprint density at radius 3 is 2.31 bits per heavy atom. The summed E-state index contributed by atoms with van der Waals surface area (Å²) in [4.78, 5) is 2.40. The molecule has 4 rings (SSSR count). The quantitative estimate of drug-likeness (QED) is 0.721. The number of rotatable bonds is 4. The molecule has 2 N–H and O–H groups in total. The van der Waals surface area contributed by atoms with E-state index < -0.39 is 11.6 Å². The highest BCUT2D eigenvalue weighted by Gasteiger charge is 2.44. The summed E-state index contributed by atoms with van der Waals surface area (Å²) < 4.78 is 28.1. The van der Waals surface area contributed by atoms with Crippen LogP contribution >= 0.6 is 0 Å². The maximum atomic E-state index is 14.4. The molecule has 1 aliphatic heterocycles. The molecule has 5 heteroatoms. The van der Waals surface area contributed by atoms with Crippen molar-refractivity contribution in [2.75, 3.05) is 23.3 Å². The third kappa shape index (κ3) is 3.06. The van der Waals surface area contributed by atoms with Crippen LogP contribution in [0, 0.1) is 29.4 Å². The van der Waals surface area contributed by atoms with Crippen molar-refractivity contribution in [1.82, 2.24) is 0 Å². The van der Waals surface area contributed by atoms with Crippen LogP contribution in [0.25, 0.3) is 0 Å². The first-order chi connectivity index (χ1) is 12.5. The number of anilines is 3. The van der Waals surface area contributed by atoms with Crippen LogP contribution in [-0.2, 0) is 0 Å². The lowest BCUT2D eigenvalue weighted by atomic mass is 9.93. The van der Waals surface area contributed by atoms with Gasteiger partial charge in [0.05, 0.1) is 5.69 Å². The van der Waals surface area contributed by atoms with Gasteiger partial charge in [-0.25, -0.2) is 8.78 Å². The van der Waals surface area contributed by atoms with Crippen LogP contribution in [0.15, 0.2) is 30.3 Å². The van der Waals surface area contributed by atoms with E-state index in [0.717, 1.165) is 25.0 Å². The van der Waals surface area contributed by atoms with Crippen LogP contribution < -0.4 is 10.2 Å². The van der Waals surface area contributed by atoms with Gasteiger partial charge >= 0.3 is 0 Å². The fraction of sp³-hybridized carbons (Fsp3) is 0.381. The predicted octanol–water partition coefficient (Wildman–Crippen LogP) is 5.39. The zero-order valence-electron chi connectivity index (χ0n) is 14.9. The van der Waals surface area contributed by atoms with Gasteiger partial charge < -0.3 is 15.6 Å². The molecule has 0 unspecified atom stereocenters. The van der Waals surface area contributed by atoms with E-state index in [1.807, 2.05) is 24.3 Å². The molecule has 2 aliphatic rings. The molecular formula is C21H23F2N3. The van der Waals surface area contributed by atoms with Gasteiger partial charge in [-0.05, 0) is 68.4 Å². The Labute approximate surface area is 152 Å². The minimum Gasteiger partial charge on any atom is -0.371 e. The minimum atomic E-state index is -0.654. The standard InChI is InChI=1S/C21H23F2N3/c1-14-18(22)12-15(13-24)20(19(14)23)25-16-2-4-17(5-3-16)26-10-8-21(6-7-21)9-11-26/h2-5,12-13,24-25H,6-11H2,1H3. The Hall–Kier alpha value is -2.43. The molecule has 1 saturated carbocycles. The maximum absolute atomic E-state index is 14.4. The van der Waals surface area contributed by atoms with Crippen LogP contribution in [0.4, 0.5) is 25.8 Å². The lowest BCUT2D eigenvalue weighted by molar-refractivity contribution is 0.384. The van der Waals surface area contributed by atoms with Crippen molar-refractivity contribution >= 4 is 23.3 Å². The summed E-state index contributed by atoms with van der Waals surface area (Å²) in [6.45, 7) is 3.59. The van der Waals surface area contributed by atoms with Crippen LogP contribution in [0.5, 0.6) is 0 Å². The highest BCUT2D eigenvalue weighted by Crippen LogP contribution is 2.53.